The Labute approximate surface area is 176 Å². The number of amides is 1. The quantitative estimate of drug-likeness (QED) is 0.448. The topological polar surface area (TPSA) is 78.8 Å². The molecular weight excluding hydrogens is 398 g/mol. The summed E-state index contributed by atoms with van der Waals surface area (Å²) in [5.41, 5.74) is 4.97. The van der Waals surface area contributed by atoms with Gasteiger partial charge in [0, 0.05) is 6.54 Å². The molecule has 154 valence electrons. The molecule has 0 unspecified atom stereocenters. The molecule has 0 aliphatic rings. The van der Waals surface area contributed by atoms with E-state index in [0.717, 1.165) is 21.0 Å². The Morgan fingerprint density at radius 3 is 2.17 bits per heavy atom. The maximum Gasteiger partial charge on any atom is 0.255 e. The Balaban J connectivity index is 1.77. The van der Waals surface area contributed by atoms with Crippen molar-refractivity contribution in [3.8, 4) is 0 Å². The SMILES string of the molecule is Cc1ccc(S(=O)(=O)N(CC(=O)N/N=C\c2ccccc2)Cc2ccccc2)cc1. The minimum Gasteiger partial charge on any atom is -0.272 e. The van der Waals surface area contributed by atoms with Gasteiger partial charge in [0.1, 0.15) is 0 Å². The van der Waals surface area contributed by atoms with Gasteiger partial charge in [0.15, 0.2) is 0 Å². The first-order valence-corrected chi connectivity index (χ1v) is 10.9. The molecular formula is C23H23N3O3S. The largest absolute Gasteiger partial charge is 0.272 e. The molecule has 1 N–H and O–H groups in total. The van der Waals surface area contributed by atoms with E-state index in [1.54, 1.807) is 24.3 Å². The van der Waals surface area contributed by atoms with Crippen molar-refractivity contribution in [2.24, 2.45) is 5.10 Å². The molecule has 0 aliphatic carbocycles. The molecule has 0 heterocycles. The smallest absolute Gasteiger partial charge is 0.255 e. The molecule has 3 aromatic carbocycles. The van der Waals surface area contributed by atoms with Gasteiger partial charge in [0.2, 0.25) is 10.0 Å². The normalized spacial score (nSPS) is 11.7. The van der Waals surface area contributed by atoms with Crippen LogP contribution in [0.1, 0.15) is 16.7 Å². The first-order valence-electron chi connectivity index (χ1n) is 9.43. The van der Waals surface area contributed by atoms with E-state index < -0.39 is 15.9 Å². The predicted octanol–water partition coefficient (Wildman–Crippen LogP) is 3.34. The van der Waals surface area contributed by atoms with Gasteiger partial charge in [-0.05, 0) is 30.2 Å². The molecule has 1 amide bonds. The lowest BCUT2D eigenvalue weighted by molar-refractivity contribution is -0.121. The molecule has 0 saturated carbocycles. The van der Waals surface area contributed by atoms with Crippen LogP contribution in [-0.2, 0) is 21.4 Å². The molecule has 0 atom stereocenters. The zero-order valence-electron chi connectivity index (χ0n) is 16.6. The van der Waals surface area contributed by atoms with Gasteiger partial charge in [-0.1, -0.05) is 78.4 Å². The van der Waals surface area contributed by atoms with Gasteiger partial charge in [-0.25, -0.2) is 13.8 Å². The van der Waals surface area contributed by atoms with Crippen molar-refractivity contribution in [2.45, 2.75) is 18.4 Å². The van der Waals surface area contributed by atoms with Gasteiger partial charge in [-0.2, -0.15) is 9.41 Å². The minimum absolute atomic E-state index is 0.0763. The highest BCUT2D eigenvalue weighted by atomic mass is 32.2. The van der Waals surface area contributed by atoms with Crippen LogP contribution in [0, 0.1) is 6.92 Å². The number of hydrazone groups is 1. The third kappa shape index (κ3) is 5.85. The van der Waals surface area contributed by atoms with Gasteiger partial charge >= 0.3 is 0 Å². The number of sulfonamides is 1. The zero-order valence-corrected chi connectivity index (χ0v) is 17.4. The van der Waals surface area contributed by atoms with E-state index in [1.807, 2.05) is 67.6 Å². The lowest BCUT2D eigenvalue weighted by Crippen LogP contribution is -2.39. The molecule has 0 aliphatic heterocycles. The summed E-state index contributed by atoms with van der Waals surface area (Å²) in [4.78, 5) is 12.6. The predicted molar refractivity (Wildman–Crippen MR) is 117 cm³/mol. The van der Waals surface area contributed by atoms with Crippen molar-refractivity contribution in [2.75, 3.05) is 6.54 Å². The second kappa shape index (κ2) is 9.96. The Morgan fingerprint density at radius 2 is 1.53 bits per heavy atom. The van der Waals surface area contributed by atoms with Crippen LogP contribution in [0.2, 0.25) is 0 Å². The van der Waals surface area contributed by atoms with Crippen molar-refractivity contribution in [3.63, 3.8) is 0 Å². The monoisotopic (exact) mass is 421 g/mol. The third-order valence-corrected chi connectivity index (χ3v) is 6.19. The van der Waals surface area contributed by atoms with Crippen LogP contribution in [0.15, 0.2) is 94.9 Å². The van der Waals surface area contributed by atoms with Crippen molar-refractivity contribution in [3.05, 3.63) is 102 Å². The number of hydrogen-bond acceptors (Lipinski definition) is 4. The fourth-order valence-electron chi connectivity index (χ4n) is 2.79. The second-order valence-electron chi connectivity index (χ2n) is 6.78. The fraction of sp³-hybridized carbons (Fsp3) is 0.130. The molecule has 30 heavy (non-hydrogen) atoms. The van der Waals surface area contributed by atoms with E-state index >= 15 is 0 Å². The van der Waals surface area contributed by atoms with E-state index in [-0.39, 0.29) is 18.0 Å². The van der Waals surface area contributed by atoms with E-state index in [0.29, 0.717) is 0 Å². The summed E-state index contributed by atoms with van der Waals surface area (Å²) in [5, 5.41) is 3.92. The van der Waals surface area contributed by atoms with E-state index in [1.165, 1.54) is 6.21 Å². The average molecular weight is 422 g/mol. The average Bonchev–Trinajstić information content (AvgIpc) is 2.75. The van der Waals surface area contributed by atoms with Gasteiger partial charge < -0.3 is 0 Å². The van der Waals surface area contributed by atoms with Crippen molar-refractivity contribution in [1.82, 2.24) is 9.73 Å². The highest BCUT2D eigenvalue weighted by molar-refractivity contribution is 7.89. The summed E-state index contributed by atoms with van der Waals surface area (Å²) in [6.45, 7) is 1.61. The Morgan fingerprint density at radius 1 is 0.933 bits per heavy atom. The fourth-order valence-corrected chi connectivity index (χ4v) is 4.17. The summed E-state index contributed by atoms with van der Waals surface area (Å²) in [6, 6.07) is 25.0. The van der Waals surface area contributed by atoms with Crippen LogP contribution in [-0.4, -0.2) is 31.4 Å². The number of nitrogens with zero attached hydrogens (tertiary/aromatic N) is 2. The molecule has 0 spiro atoms. The van der Waals surface area contributed by atoms with Crippen LogP contribution in [0.3, 0.4) is 0 Å². The van der Waals surface area contributed by atoms with Crippen LogP contribution in [0.4, 0.5) is 0 Å². The maximum atomic E-state index is 13.2. The van der Waals surface area contributed by atoms with Gasteiger partial charge in [0.25, 0.3) is 5.91 Å². The van der Waals surface area contributed by atoms with Crippen molar-refractivity contribution in [1.29, 1.82) is 0 Å². The number of carbonyl (C=O) groups is 1. The molecule has 0 radical (unpaired) electrons. The lowest BCUT2D eigenvalue weighted by Gasteiger charge is -2.21. The van der Waals surface area contributed by atoms with Crippen LogP contribution in [0.25, 0.3) is 0 Å². The number of rotatable bonds is 8. The lowest BCUT2D eigenvalue weighted by atomic mass is 10.2. The molecule has 3 rings (SSSR count). The summed E-state index contributed by atoms with van der Waals surface area (Å²) >= 11 is 0. The minimum atomic E-state index is -3.87. The van der Waals surface area contributed by atoms with Crippen LogP contribution >= 0.6 is 0 Å². The van der Waals surface area contributed by atoms with E-state index in [4.69, 9.17) is 0 Å². The van der Waals surface area contributed by atoms with Crippen LogP contribution < -0.4 is 5.43 Å². The number of aryl methyl sites for hydroxylation is 1. The Kier molecular flexibility index (Phi) is 7.11. The highest BCUT2D eigenvalue weighted by Crippen LogP contribution is 2.19. The zero-order chi connectivity index (χ0) is 21.4. The molecule has 0 bridgehead atoms. The standard InChI is InChI=1S/C23H23N3O3S/c1-19-12-14-22(15-13-19)30(28,29)26(17-21-10-6-3-7-11-21)18-23(27)25-24-16-20-8-4-2-5-9-20/h2-16H,17-18H2,1H3,(H,25,27)/b24-16-. The molecule has 7 heteroatoms. The molecule has 3 aromatic rings. The highest BCUT2D eigenvalue weighted by Gasteiger charge is 2.26. The number of carbonyl (C=O) groups excluding carboxylic acids is 1. The van der Waals surface area contributed by atoms with Crippen molar-refractivity contribution >= 4 is 22.1 Å². The van der Waals surface area contributed by atoms with E-state index in [9.17, 15) is 13.2 Å². The molecule has 0 aromatic heterocycles. The molecule has 0 saturated heterocycles. The maximum absolute atomic E-state index is 13.2. The summed E-state index contributed by atoms with van der Waals surface area (Å²) < 4.78 is 27.5. The number of nitrogens with one attached hydrogen (secondary N) is 1. The summed E-state index contributed by atoms with van der Waals surface area (Å²) in [5.74, 6) is -0.520. The number of hydrogen-bond donors (Lipinski definition) is 1. The summed E-state index contributed by atoms with van der Waals surface area (Å²) in [6.07, 6.45) is 1.51. The van der Waals surface area contributed by atoms with Crippen LogP contribution in [0.5, 0.6) is 0 Å². The first kappa shape index (κ1) is 21.4. The first-order chi connectivity index (χ1) is 14.4. The van der Waals surface area contributed by atoms with Gasteiger partial charge in [-0.15, -0.1) is 0 Å². The summed E-state index contributed by atoms with van der Waals surface area (Å²) in [7, 11) is -3.87. The Hall–Kier alpha value is -3.29. The Bertz CT molecular complexity index is 1100. The third-order valence-electron chi connectivity index (χ3n) is 4.38. The van der Waals surface area contributed by atoms with Gasteiger partial charge in [-0.3, -0.25) is 4.79 Å². The second-order valence-corrected chi connectivity index (χ2v) is 8.71. The van der Waals surface area contributed by atoms with Crippen molar-refractivity contribution < 1.29 is 13.2 Å². The van der Waals surface area contributed by atoms with Gasteiger partial charge in [0.05, 0.1) is 17.7 Å². The van der Waals surface area contributed by atoms with E-state index in [2.05, 4.69) is 10.5 Å². The molecule has 6 nitrogen and oxygen atoms in total. The molecule has 0 fully saturated rings. The number of benzene rings is 3.